The smallest absolute Gasteiger partial charge is 0.126 e. The number of aryl methyl sites for hydroxylation is 1. The molecule has 0 fully saturated rings. The maximum Gasteiger partial charge on any atom is 0.126 e. The zero-order chi connectivity index (χ0) is 12.3. The Morgan fingerprint density at radius 2 is 1.94 bits per heavy atom. The topological polar surface area (TPSA) is 35.2 Å². The molecule has 2 N–H and O–H groups in total. The quantitative estimate of drug-likeness (QED) is 0.924. The van der Waals surface area contributed by atoms with Crippen LogP contribution in [0.15, 0.2) is 16.6 Å². The van der Waals surface area contributed by atoms with E-state index >= 15 is 0 Å². The van der Waals surface area contributed by atoms with Gasteiger partial charge in [0.25, 0.3) is 0 Å². The third kappa shape index (κ3) is 3.22. The van der Waals surface area contributed by atoms with Gasteiger partial charge >= 0.3 is 0 Å². The fraction of sp³-hybridized carbons (Fsp3) is 0.538. The molecule has 0 spiro atoms. The van der Waals surface area contributed by atoms with Crippen molar-refractivity contribution in [2.75, 3.05) is 13.2 Å². The van der Waals surface area contributed by atoms with E-state index in [4.69, 9.17) is 10.5 Å². The number of hydrogen-bond donors (Lipinski definition) is 1. The van der Waals surface area contributed by atoms with Crippen LogP contribution in [-0.2, 0) is 5.41 Å². The predicted octanol–water partition coefficient (Wildman–Crippen LogP) is 3.39. The van der Waals surface area contributed by atoms with Crippen LogP contribution in [0.4, 0.5) is 0 Å². The van der Waals surface area contributed by atoms with Gasteiger partial charge in [-0.15, -0.1) is 0 Å². The molecule has 0 aliphatic carbocycles. The van der Waals surface area contributed by atoms with Crippen LogP contribution in [0.1, 0.15) is 31.9 Å². The molecule has 0 aliphatic heterocycles. The Balaban J connectivity index is 3.21. The van der Waals surface area contributed by atoms with Crippen LogP contribution < -0.4 is 10.5 Å². The highest BCUT2D eigenvalue weighted by Crippen LogP contribution is 2.36. The Morgan fingerprint density at radius 3 is 2.44 bits per heavy atom. The van der Waals surface area contributed by atoms with Crippen molar-refractivity contribution in [2.24, 2.45) is 5.73 Å². The second kappa shape index (κ2) is 5.19. The molecule has 1 aromatic carbocycles. The summed E-state index contributed by atoms with van der Waals surface area (Å²) in [5, 5.41) is 0. The fourth-order valence-electron chi connectivity index (χ4n) is 1.64. The first-order valence-electron chi connectivity index (χ1n) is 5.49. The molecule has 0 radical (unpaired) electrons. The molecule has 90 valence electrons. The molecule has 0 aliphatic rings. The lowest BCUT2D eigenvalue weighted by molar-refractivity contribution is 0.316. The van der Waals surface area contributed by atoms with Crippen molar-refractivity contribution in [1.82, 2.24) is 0 Å². The third-order valence-corrected chi connectivity index (χ3v) is 2.87. The minimum atomic E-state index is 0.0679. The summed E-state index contributed by atoms with van der Waals surface area (Å²) in [7, 11) is 0. The van der Waals surface area contributed by atoms with Gasteiger partial charge in [0.1, 0.15) is 12.4 Å². The molecule has 0 amide bonds. The van der Waals surface area contributed by atoms with Gasteiger partial charge in [0.15, 0.2) is 0 Å². The van der Waals surface area contributed by atoms with E-state index in [1.54, 1.807) is 0 Å². The van der Waals surface area contributed by atoms with Gasteiger partial charge in [-0.2, -0.15) is 0 Å². The number of nitrogens with two attached hydrogens (primary N) is 1. The van der Waals surface area contributed by atoms with E-state index in [-0.39, 0.29) is 5.41 Å². The van der Waals surface area contributed by atoms with Gasteiger partial charge in [-0.1, -0.05) is 36.7 Å². The third-order valence-electron chi connectivity index (χ3n) is 2.41. The van der Waals surface area contributed by atoms with Crippen LogP contribution in [0.3, 0.4) is 0 Å². The largest absolute Gasteiger partial charge is 0.492 e. The number of halogens is 1. The Bertz CT molecular complexity index is 369. The van der Waals surface area contributed by atoms with E-state index in [0.717, 1.165) is 15.8 Å². The Labute approximate surface area is 106 Å². The van der Waals surface area contributed by atoms with Crippen molar-refractivity contribution >= 4 is 15.9 Å². The standard InChI is InChI=1S/C13H20BrNO/c1-9-7-10(14)8-11(13(2,3)4)12(9)16-6-5-15/h7-8H,5-6,15H2,1-4H3. The number of hydrogen-bond acceptors (Lipinski definition) is 2. The Morgan fingerprint density at radius 1 is 1.31 bits per heavy atom. The highest BCUT2D eigenvalue weighted by molar-refractivity contribution is 9.10. The number of benzene rings is 1. The highest BCUT2D eigenvalue weighted by Gasteiger charge is 2.21. The van der Waals surface area contributed by atoms with Gasteiger partial charge in [0, 0.05) is 16.6 Å². The average molecular weight is 286 g/mol. The van der Waals surface area contributed by atoms with Crippen molar-refractivity contribution in [1.29, 1.82) is 0 Å². The SMILES string of the molecule is Cc1cc(Br)cc(C(C)(C)C)c1OCCN. The van der Waals surface area contributed by atoms with Crippen LogP contribution in [0.5, 0.6) is 5.75 Å². The number of ether oxygens (including phenoxy) is 1. The Hall–Kier alpha value is -0.540. The predicted molar refractivity (Wildman–Crippen MR) is 72.1 cm³/mol. The summed E-state index contributed by atoms with van der Waals surface area (Å²) in [6, 6.07) is 4.19. The molecule has 2 nitrogen and oxygen atoms in total. The molecule has 0 saturated heterocycles. The maximum absolute atomic E-state index is 5.75. The van der Waals surface area contributed by atoms with E-state index in [1.807, 2.05) is 0 Å². The zero-order valence-corrected chi connectivity index (χ0v) is 12.0. The lowest BCUT2D eigenvalue weighted by Gasteiger charge is -2.24. The van der Waals surface area contributed by atoms with Crippen molar-refractivity contribution in [2.45, 2.75) is 33.1 Å². The minimum Gasteiger partial charge on any atom is -0.492 e. The Kier molecular flexibility index (Phi) is 4.39. The van der Waals surface area contributed by atoms with Crippen molar-refractivity contribution in [3.05, 3.63) is 27.7 Å². The van der Waals surface area contributed by atoms with Crippen LogP contribution in [0.2, 0.25) is 0 Å². The molecule has 0 bridgehead atoms. The first-order chi connectivity index (χ1) is 7.36. The van der Waals surface area contributed by atoms with Crippen molar-refractivity contribution in [3.8, 4) is 5.75 Å². The summed E-state index contributed by atoms with van der Waals surface area (Å²) in [5.74, 6) is 0.973. The summed E-state index contributed by atoms with van der Waals surface area (Å²) >= 11 is 3.53. The van der Waals surface area contributed by atoms with Crippen LogP contribution in [-0.4, -0.2) is 13.2 Å². The van der Waals surface area contributed by atoms with Gasteiger partial charge in [0.2, 0.25) is 0 Å². The molecule has 0 saturated carbocycles. The molecule has 3 heteroatoms. The van der Waals surface area contributed by atoms with Crippen molar-refractivity contribution in [3.63, 3.8) is 0 Å². The van der Waals surface area contributed by atoms with E-state index < -0.39 is 0 Å². The molecule has 1 rings (SSSR count). The highest BCUT2D eigenvalue weighted by atomic mass is 79.9. The first-order valence-corrected chi connectivity index (χ1v) is 6.29. The minimum absolute atomic E-state index is 0.0679. The first kappa shape index (κ1) is 13.5. The molecule has 0 unspecified atom stereocenters. The normalized spacial score (nSPS) is 11.6. The van der Waals surface area contributed by atoms with Crippen LogP contribution in [0, 0.1) is 6.92 Å². The second-order valence-electron chi connectivity index (χ2n) is 4.99. The lowest BCUT2D eigenvalue weighted by Crippen LogP contribution is -2.17. The molecule has 0 aromatic heterocycles. The number of rotatable bonds is 3. The van der Waals surface area contributed by atoms with Gasteiger partial charge in [0.05, 0.1) is 0 Å². The molecular weight excluding hydrogens is 266 g/mol. The monoisotopic (exact) mass is 285 g/mol. The van der Waals surface area contributed by atoms with Crippen LogP contribution in [0.25, 0.3) is 0 Å². The zero-order valence-electron chi connectivity index (χ0n) is 10.4. The fourth-order valence-corrected chi connectivity index (χ4v) is 2.21. The summed E-state index contributed by atoms with van der Waals surface area (Å²) in [6.07, 6.45) is 0. The summed E-state index contributed by atoms with van der Waals surface area (Å²) in [6.45, 7) is 9.72. The summed E-state index contributed by atoms with van der Waals surface area (Å²) < 4.78 is 6.85. The van der Waals surface area contributed by atoms with E-state index in [0.29, 0.717) is 13.2 Å². The van der Waals surface area contributed by atoms with E-state index in [1.165, 1.54) is 5.56 Å². The van der Waals surface area contributed by atoms with Crippen LogP contribution >= 0.6 is 15.9 Å². The van der Waals surface area contributed by atoms with E-state index in [2.05, 4.69) is 55.8 Å². The molecular formula is C13H20BrNO. The van der Waals surface area contributed by atoms with E-state index in [9.17, 15) is 0 Å². The van der Waals surface area contributed by atoms with Gasteiger partial charge in [-0.25, -0.2) is 0 Å². The summed E-state index contributed by atoms with van der Waals surface area (Å²) in [4.78, 5) is 0. The summed E-state index contributed by atoms with van der Waals surface area (Å²) in [5.41, 5.74) is 7.91. The average Bonchev–Trinajstić information content (AvgIpc) is 2.14. The second-order valence-corrected chi connectivity index (χ2v) is 5.90. The van der Waals surface area contributed by atoms with Crippen molar-refractivity contribution < 1.29 is 4.74 Å². The molecule has 0 heterocycles. The lowest BCUT2D eigenvalue weighted by atomic mass is 9.85. The maximum atomic E-state index is 5.75. The molecule has 1 aromatic rings. The van der Waals surface area contributed by atoms with Gasteiger partial charge in [-0.3, -0.25) is 0 Å². The molecule has 0 atom stereocenters. The molecule has 16 heavy (non-hydrogen) atoms. The van der Waals surface area contributed by atoms with Gasteiger partial charge < -0.3 is 10.5 Å². The van der Waals surface area contributed by atoms with Gasteiger partial charge in [-0.05, 0) is 30.0 Å².